The number of ether oxygens (including phenoxy) is 2. The van der Waals surface area contributed by atoms with Crippen LogP contribution in [0.2, 0.25) is 0 Å². The number of carbonyl (C=O) groups excluding carboxylic acids is 2. The number of likely N-dealkylation sites (N-methyl/N-ethyl adjacent to an activating group) is 1. The van der Waals surface area contributed by atoms with E-state index in [0.29, 0.717) is 17.4 Å². The summed E-state index contributed by atoms with van der Waals surface area (Å²) >= 11 is 0. The summed E-state index contributed by atoms with van der Waals surface area (Å²) in [6.45, 7) is 5.81. The SMILES string of the molecule is C=CCCCCCCCC(=O)O[C@@H](COC(=O)CCCCCCCCCC)COP(=O)(O)OCC[N+](C)(C)C. The number of nitrogens with zero attached hydrogens (tertiary/aromatic N) is 1. The topological polar surface area (TPSA) is 108 Å². The summed E-state index contributed by atoms with van der Waals surface area (Å²) < 4.78 is 33.7. The molecule has 0 aromatic rings. The van der Waals surface area contributed by atoms with Gasteiger partial charge in [-0.15, -0.1) is 6.58 Å². The summed E-state index contributed by atoms with van der Waals surface area (Å²) in [6, 6.07) is 0. The first-order valence-corrected chi connectivity index (χ1v) is 16.4. The molecule has 0 spiro atoms. The van der Waals surface area contributed by atoms with Crippen molar-refractivity contribution in [2.75, 3.05) is 47.5 Å². The van der Waals surface area contributed by atoms with Crippen LogP contribution in [0, 0.1) is 0 Å². The third-order valence-electron chi connectivity index (χ3n) is 6.19. The first kappa shape index (κ1) is 37.8. The summed E-state index contributed by atoms with van der Waals surface area (Å²) in [6.07, 6.45) is 16.2. The van der Waals surface area contributed by atoms with Crippen molar-refractivity contribution >= 4 is 19.8 Å². The molecule has 0 amide bonds. The molecular weight excluding hydrogens is 521 g/mol. The van der Waals surface area contributed by atoms with Crippen molar-refractivity contribution in [3.05, 3.63) is 12.7 Å². The molecule has 0 aliphatic rings. The highest BCUT2D eigenvalue weighted by Crippen LogP contribution is 2.43. The molecule has 0 bridgehead atoms. The van der Waals surface area contributed by atoms with Crippen molar-refractivity contribution in [1.29, 1.82) is 0 Å². The molecule has 0 aliphatic heterocycles. The van der Waals surface area contributed by atoms with Gasteiger partial charge in [-0.05, 0) is 25.7 Å². The third-order valence-corrected chi connectivity index (χ3v) is 7.18. The maximum absolute atomic E-state index is 12.4. The molecule has 0 aromatic carbocycles. The predicted octanol–water partition coefficient (Wildman–Crippen LogP) is 6.73. The van der Waals surface area contributed by atoms with Crippen LogP contribution < -0.4 is 0 Å². The number of rotatable bonds is 27. The van der Waals surface area contributed by atoms with Gasteiger partial charge in [-0.25, -0.2) is 4.57 Å². The zero-order valence-corrected chi connectivity index (χ0v) is 26.1. The molecule has 1 unspecified atom stereocenters. The molecule has 0 aliphatic carbocycles. The van der Waals surface area contributed by atoms with Crippen molar-refractivity contribution in [2.45, 2.75) is 116 Å². The lowest BCUT2D eigenvalue weighted by Gasteiger charge is -2.24. The smallest absolute Gasteiger partial charge is 0.462 e. The van der Waals surface area contributed by atoms with E-state index in [4.69, 9.17) is 18.5 Å². The Kier molecular flexibility index (Phi) is 22.7. The van der Waals surface area contributed by atoms with Crippen molar-refractivity contribution in [3.8, 4) is 0 Å². The zero-order valence-electron chi connectivity index (χ0n) is 25.2. The van der Waals surface area contributed by atoms with Gasteiger partial charge in [0.25, 0.3) is 0 Å². The van der Waals surface area contributed by atoms with E-state index in [1.165, 1.54) is 32.1 Å². The molecule has 0 rings (SSSR count). The summed E-state index contributed by atoms with van der Waals surface area (Å²) in [4.78, 5) is 34.6. The second-order valence-electron chi connectivity index (χ2n) is 11.2. The van der Waals surface area contributed by atoms with Crippen LogP contribution in [0.4, 0.5) is 0 Å². The normalized spacial score (nSPS) is 14.0. The van der Waals surface area contributed by atoms with Gasteiger partial charge in [-0.1, -0.05) is 77.2 Å². The molecule has 0 heterocycles. The highest BCUT2D eigenvalue weighted by Gasteiger charge is 2.27. The predicted molar refractivity (Wildman–Crippen MR) is 155 cm³/mol. The number of unbranched alkanes of at least 4 members (excludes halogenated alkanes) is 12. The van der Waals surface area contributed by atoms with Crippen LogP contribution in [0.1, 0.15) is 110 Å². The largest absolute Gasteiger partial charge is 0.472 e. The fourth-order valence-electron chi connectivity index (χ4n) is 3.76. The summed E-state index contributed by atoms with van der Waals surface area (Å²) in [5, 5.41) is 0. The Morgan fingerprint density at radius 3 is 1.92 bits per heavy atom. The van der Waals surface area contributed by atoms with Gasteiger partial charge >= 0.3 is 19.8 Å². The lowest BCUT2D eigenvalue weighted by Crippen LogP contribution is -2.37. The summed E-state index contributed by atoms with van der Waals surface area (Å²) in [5.41, 5.74) is 0. The molecule has 1 N–H and O–H groups in total. The second kappa shape index (κ2) is 23.5. The Morgan fingerprint density at radius 2 is 1.36 bits per heavy atom. The van der Waals surface area contributed by atoms with E-state index in [0.717, 1.165) is 51.4 Å². The summed E-state index contributed by atoms with van der Waals surface area (Å²) in [7, 11) is 1.46. The van der Waals surface area contributed by atoms with E-state index in [9.17, 15) is 19.0 Å². The van der Waals surface area contributed by atoms with Crippen molar-refractivity contribution in [2.24, 2.45) is 0 Å². The van der Waals surface area contributed by atoms with Crippen LogP contribution in [0.25, 0.3) is 0 Å². The van der Waals surface area contributed by atoms with Gasteiger partial charge in [0, 0.05) is 12.8 Å². The molecule has 10 heteroatoms. The number of hydrogen-bond acceptors (Lipinski definition) is 7. The fourth-order valence-corrected chi connectivity index (χ4v) is 4.50. The zero-order chi connectivity index (χ0) is 29.4. The van der Waals surface area contributed by atoms with Gasteiger partial charge in [-0.2, -0.15) is 0 Å². The quantitative estimate of drug-likeness (QED) is 0.0376. The third kappa shape index (κ3) is 26.7. The second-order valence-corrected chi connectivity index (χ2v) is 12.7. The number of carbonyl (C=O) groups is 2. The Hall–Kier alpha value is -1.25. The minimum Gasteiger partial charge on any atom is -0.462 e. The molecule has 0 saturated carbocycles. The van der Waals surface area contributed by atoms with Crippen LogP contribution in [-0.2, 0) is 32.7 Å². The van der Waals surface area contributed by atoms with Gasteiger partial charge in [0.2, 0.25) is 0 Å². The van der Waals surface area contributed by atoms with Crippen LogP contribution in [0.3, 0.4) is 0 Å². The van der Waals surface area contributed by atoms with E-state index in [2.05, 4.69) is 13.5 Å². The van der Waals surface area contributed by atoms with Crippen LogP contribution >= 0.6 is 7.82 Å². The first-order chi connectivity index (χ1) is 18.5. The van der Waals surface area contributed by atoms with Gasteiger partial charge in [0.15, 0.2) is 6.10 Å². The lowest BCUT2D eigenvalue weighted by atomic mass is 10.1. The summed E-state index contributed by atoms with van der Waals surface area (Å²) in [5.74, 6) is -0.833. The molecule has 39 heavy (non-hydrogen) atoms. The highest BCUT2D eigenvalue weighted by molar-refractivity contribution is 7.47. The van der Waals surface area contributed by atoms with Crippen LogP contribution in [0.15, 0.2) is 12.7 Å². The molecule has 9 nitrogen and oxygen atoms in total. The number of phosphoric acid groups is 1. The maximum Gasteiger partial charge on any atom is 0.472 e. The Balaban J connectivity index is 4.56. The molecule has 230 valence electrons. The molecule has 2 atom stereocenters. The van der Waals surface area contributed by atoms with Crippen LogP contribution in [-0.4, -0.2) is 74.9 Å². The Labute approximate surface area is 237 Å². The van der Waals surface area contributed by atoms with Crippen molar-refractivity contribution < 1.29 is 42.1 Å². The monoisotopic (exact) mass is 578 g/mol. The number of allylic oxidation sites excluding steroid dienone is 1. The van der Waals surface area contributed by atoms with Gasteiger partial charge in [0.1, 0.15) is 19.8 Å². The fraction of sp³-hybridized carbons (Fsp3) is 0.862. The number of esters is 2. The van der Waals surface area contributed by atoms with Crippen molar-refractivity contribution in [1.82, 2.24) is 0 Å². The highest BCUT2D eigenvalue weighted by atomic mass is 31.2. The van der Waals surface area contributed by atoms with Crippen LogP contribution in [0.5, 0.6) is 0 Å². The maximum atomic E-state index is 12.4. The average molecular weight is 579 g/mol. The number of quaternary nitrogens is 1. The molecule has 0 aromatic heterocycles. The van der Waals surface area contributed by atoms with E-state index in [1.807, 2.05) is 27.2 Å². The van der Waals surface area contributed by atoms with E-state index < -0.39 is 26.5 Å². The van der Waals surface area contributed by atoms with E-state index in [1.54, 1.807) is 0 Å². The Morgan fingerprint density at radius 1 is 0.821 bits per heavy atom. The van der Waals surface area contributed by atoms with Gasteiger partial charge in [-0.3, -0.25) is 18.6 Å². The van der Waals surface area contributed by atoms with E-state index >= 15 is 0 Å². The molecular formula is C29H57NO8P+. The first-order valence-electron chi connectivity index (χ1n) is 14.9. The standard InChI is InChI=1S/C29H56NO8P/c1-6-8-10-12-14-16-17-19-21-28(31)35-25-27(26-37-39(33,34)36-24-23-30(3,4)5)38-29(32)22-20-18-15-13-11-9-7-2/h7,27H,2,6,8-26H2,1,3-5H3/p+1/t27-/m0/s1. The van der Waals surface area contributed by atoms with Gasteiger partial charge < -0.3 is 18.9 Å². The molecule has 0 saturated heterocycles. The average Bonchev–Trinajstić information content (AvgIpc) is 2.85. The van der Waals surface area contributed by atoms with Gasteiger partial charge in [0.05, 0.1) is 27.7 Å². The Bertz CT molecular complexity index is 695. The minimum atomic E-state index is -4.35. The van der Waals surface area contributed by atoms with E-state index in [-0.39, 0.29) is 32.0 Å². The lowest BCUT2D eigenvalue weighted by molar-refractivity contribution is -0.870. The minimum absolute atomic E-state index is 0.0299. The molecule has 0 radical (unpaired) electrons. The molecule has 0 fully saturated rings. The van der Waals surface area contributed by atoms with Crippen molar-refractivity contribution in [3.63, 3.8) is 0 Å². The number of phosphoric ester groups is 1. The number of hydrogen-bond donors (Lipinski definition) is 1.